The largest absolute Gasteiger partial charge is 0.340 e. The van der Waals surface area contributed by atoms with Gasteiger partial charge in [0.05, 0.1) is 16.7 Å². The van der Waals surface area contributed by atoms with Crippen molar-refractivity contribution in [3.63, 3.8) is 0 Å². The number of benzene rings is 3. The molecule has 0 bridgehead atoms. The van der Waals surface area contributed by atoms with E-state index in [1.165, 1.54) is 0 Å². The van der Waals surface area contributed by atoms with E-state index in [-0.39, 0.29) is 24.3 Å². The first-order valence-corrected chi connectivity index (χ1v) is 12.1. The van der Waals surface area contributed by atoms with Crippen LogP contribution in [0.3, 0.4) is 0 Å². The van der Waals surface area contributed by atoms with Crippen LogP contribution in [-0.4, -0.2) is 39.9 Å². The molecule has 7 heteroatoms. The molecule has 4 aromatic rings. The summed E-state index contributed by atoms with van der Waals surface area (Å²) in [5, 5.41) is 0. The van der Waals surface area contributed by atoms with E-state index in [4.69, 9.17) is 4.98 Å². The van der Waals surface area contributed by atoms with Crippen LogP contribution in [0.25, 0.3) is 11.0 Å². The number of fused-ring (bicyclic) bond motifs is 1. The third kappa shape index (κ3) is 4.35. The molecule has 0 aliphatic carbocycles. The summed E-state index contributed by atoms with van der Waals surface area (Å²) in [5.74, 6) is 0.744. The maximum absolute atomic E-state index is 13.2. The number of nitrogens with zero attached hydrogens (tertiary/aromatic N) is 4. The standard InChI is InChI=1S/C27H25BrN4O2/c1-30(16-19-9-3-2-4-10-19)26(34)18-32-24-14-8-6-12-22(24)29-27(32)20-15-25(33)31(17-20)23-13-7-5-11-21(23)28/h2-14,20H,15-18H2,1H3. The van der Waals surface area contributed by atoms with Crippen molar-refractivity contribution >= 4 is 44.5 Å². The second-order valence-electron chi connectivity index (χ2n) is 8.64. The first kappa shape index (κ1) is 22.3. The molecule has 0 spiro atoms. The SMILES string of the molecule is CN(Cc1ccccc1)C(=O)Cn1c(C2CC(=O)N(c3ccccc3Br)C2)nc2ccccc21. The molecule has 2 heterocycles. The van der Waals surface area contributed by atoms with Crippen LogP contribution in [0.4, 0.5) is 5.69 Å². The van der Waals surface area contributed by atoms with Gasteiger partial charge in [0.15, 0.2) is 0 Å². The summed E-state index contributed by atoms with van der Waals surface area (Å²) in [6, 6.07) is 25.5. The van der Waals surface area contributed by atoms with Gasteiger partial charge in [-0.15, -0.1) is 0 Å². The predicted molar refractivity (Wildman–Crippen MR) is 137 cm³/mol. The molecule has 172 valence electrons. The maximum atomic E-state index is 13.2. The summed E-state index contributed by atoms with van der Waals surface area (Å²) in [5.41, 5.74) is 3.68. The van der Waals surface area contributed by atoms with Gasteiger partial charge in [0, 0.05) is 36.9 Å². The fourth-order valence-corrected chi connectivity index (χ4v) is 5.06. The molecular formula is C27H25BrN4O2. The topological polar surface area (TPSA) is 58.4 Å². The summed E-state index contributed by atoms with van der Waals surface area (Å²) >= 11 is 3.56. The summed E-state index contributed by atoms with van der Waals surface area (Å²) in [7, 11) is 1.82. The number of hydrogen-bond donors (Lipinski definition) is 0. The minimum Gasteiger partial charge on any atom is -0.340 e. The first-order chi connectivity index (χ1) is 16.5. The normalized spacial score (nSPS) is 15.8. The average Bonchev–Trinajstić information content (AvgIpc) is 3.40. The lowest BCUT2D eigenvalue weighted by atomic mass is 10.1. The number of carbonyl (C=O) groups is 2. The molecule has 1 aliphatic heterocycles. The second-order valence-corrected chi connectivity index (χ2v) is 9.49. The van der Waals surface area contributed by atoms with Crippen LogP contribution in [0.15, 0.2) is 83.3 Å². The van der Waals surface area contributed by atoms with Crippen LogP contribution in [-0.2, 0) is 22.7 Å². The minimum atomic E-state index is -0.0979. The summed E-state index contributed by atoms with van der Waals surface area (Å²) in [6.07, 6.45) is 0.360. The third-order valence-corrected chi connectivity index (χ3v) is 6.97. The number of hydrogen-bond acceptors (Lipinski definition) is 3. The molecule has 34 heavy (non-hydrogen) atoms. The number of rotatable bonds is 6. The number of carbonyl (C=O) groups excluding carboxylic acids is 2. The molecule has 1 fully saturated rings. The van der Waals surface area contributed by atoms with Crippen LogP contribution >= 0.6 is 15.9 Å². The van der Waals surface area contributed by atoms with E-state index in [2.05, 4.69) is 15.9 Å². The van der Waals surface area contributed by atoms with Gasteiger partial charge in [0.1, 0.15) is 12.4 Å². The van der Waals surface area contributed by atoms with Gasteiger partial charge in [-0.05, 0) is 45.8 Å². The number of imidazole rings is 1. The maximum Gasteiger partial charge on any atom is 0.242 e. The Hall–Kier alpha value is -3.45. The second kappa shape index (κ2) is 9.43. The molecule has 0 saturated carbocycles. The molecule has 1 saturated heterocycles. The highest BCUT2D eigenvalue weighted by molar-refractivity contribution is 9.10. The van der Waals surface area contributed by atoms with Crippen LogP contribution in [0.2, 0.25) is 0 Å². The van der Waals surface area contributed by atoms with Gasteiger partial charge in [-0.1, -0.05) is 54.6 Å². The van der Waals surface area contributed by atoms with Crippen molar-refractivity contribution in [2.24, 2.45) is 0 Å². The van der Waals surface area contributed by atoms with E-state index >= 15 is 0 Å². The summed E-state index contributed by atoms with van der Waals surface area (Å²) < 4.78 is 2.87. The molecule has 1 aliphatic rings. The predicted octanol–water partition coefficient (Wildman–Crippen LogP) is 4.98. The minimum absolute atomic E-state index is 0.000222. The van der Waals surface area contributed by atoms with Gasteiger partial charge in [0.25, 0.3) is 0 Å². The van der Waals surface area contributed by atoms with Crippen LogP contribution < -0.4 is 4.90 Å². The van der Waals surface area contributed by atoms with Gasteiger partial charge in [-0.3, -0.25) is 9.59 Å². The van der Waals surface area contributed by atoms with Gasteiger partial charge in [-0.2, -0.15) is 0 Å². The van der Waals surface area contributed by atoms with E-state index < -0.39 is 0 Å². The van der Waals surface area contributed by atoms with Crippen LogP contribution in [0, 0.1) is 0 Å². The Morgan fingerprint density at radius 3 is 2.53 bits per heavy atom. The molecule has 3 aromatic carbocycles. The van der Waals surface area contributed by atoms with Crippen molar-refractivity contribution in [2.75, 3.05) is 18.5 Å². The van der Waals surface area contributed by atoms with Crippen molar-refractivity contribution in [1.82, 2.24) is 14.5 Å². The Kier molecular flexibility index (Phi) is 6.20. The zero-order valence-electron chi connectivity index (χ0n) is 18.9. The fraction of sp³-hybridized carbons (Fsp3) is 0.222. The zero-order valence-corrected chi connectivity index (χ0v) is 20.5. The third-order valence-electron chi connectivity index (χ3n) is 6.30. The highest BCUT2D eigenvalue weighted by atomic mass is 79.9. The van der Waals surface area contributed by atoms with E-state index in [1.807, 2.05) is 95.4 Å². The molecule has 1 atom stereocenters. The van der Waals surface area contributed by atoms with Crippen molar-refractivity contribution in [3.8, 4) is 0 Å². The lowest BCUT2D eigenvalue weighted by molar-refractivity contribution is -0.131. The Balaban J connectivity index is 1.43. The molecule has 1 unspecified atom stereocenters. The number of halogens is 1. The molecule has 1 aromatic heterocycles. The van der Waals surface area contributed by atoms with Gasteiger partial charge < -0.3 is 14.4 Å². The lowest BCUT2D eigenvalue weighted by Gasteiger charge is -2.20. The van der Waals surface area contributed by atoms with E-state index in [1.54, 1.807) is 4.90 Å². The number of anilines is 1. The molecule has 2 amide bonds. The Morgan fingerprint density at radius 2 is 1.74 bits per heavy atom. The van der Waals surface area contributed by atoms with E-state index in [0.29, 0.717) is 19.5 Å². The highest BCUT2D eigenvalue weighted by Crippen LogP contribution is 2.36. The molecule has 6 nitrogen and oxygen atoms in total. The molecule has 5 rings (SSSR count). The molecule has 0 N–H and O–H groups in total. The Bertz CT molecular complexity index is 1350. The zero-order chi connectivity index (χ0) is 23.7. The quantitative estimate of drug-likeness (QED) is 0.363. The Morgan fingerprint density at radius 1 is 1.03 bits per heavy atom. The number of amides is 2. The number of para-hydroxylation sites is 3. The summed E-state index contributed by atoms with van der Waals surface area (Å²) in [4.78, 5) is 34.6. The van der Waals surface area contributed by atoms with Gasteiger partial charge in [0.2, 0.25) is 11.8 Å². The van der Waals surface area contributed by atoms with Crippen molar-refractivity contribution in [1.29, 1.82) is 0 Å². The molecular weight excluding hydrogens is 492 g/mol. The van der Waals surface area contributed by atoms with Gasteiger partial charge >= 0.3 is 0 Å². The first-order valence-electron chi connectivity index (χ1n) is 11.3. The van der Waals surface area contributed by atoms with Crippen molar-refractivity contribution < 1.29 is 9.59 Å². The highest BCUT2D eigenvalue weighted by Gasteiger charge is 2.35. The van der Waals surface area contributed by atoms with Crippen LogP contribution in [0.1, 0.15) is 23.7 Å². The van der Waals surface area contributed by atoms with Crippen LogP contribution in [0.5, 0.6) is 0 Å². The van der Waals surface area contributed by atoms with Crippen molar-refractivity contribution in [3.05, 3.63) is 94.7 Å². The van der Waals surface area contributed by atoms with E-state index in [9.17, 15) is 9.59 Å². The van der Waals surface area contributed by atoms with Crippen molar-refractivity contribution in [2.45, 2.75) is 25.4 Å². The number of aromatic nitrogens is 2. The smallest absolute Gasteiger partial charge is 0.242 e. The van der Waals surface area contributed by atoms with Gasteiger partial charge in [-0.25, -0.2) is 4.98 Å². The lowest BCUT2D eigenvalue weighted by Crippen LogP contribution is -2.30. The monoisotopic (exact) mass is 516 g/mol. The average molecular weight is 517 g/mol. The number of likely N-dealkylation sites (N-methyl/N-ethyl adjacent to an activating group) is 1. The summed E-state index contributed by atoms with van der Waals surface area (Å²) in [6.45, 7) is 1.25. The fourth-order valence-electron chi connectivity index (χ4n) is 4.56. The van der Waals surface area contributed by atoms with E-state index in [0.717, 1.165) is 32.6 Å². The Labute approximate surface area is 206 Å². The molecule has 0 radical (unpaired) electrons.